The van der Waals surface area contributed by atoms with E-state index in [1.807, 2.05) is 18.2 Å². The Kier molecular flexibility index (Phi) is 7.86. The van der Waals surface area contributed by atoms with Crippen LogP contribution in [0.3, 0.4) is 0 Å². The van der Waals surface area contributed by atoms with Gasteiger partial charge in [-0.15, -0.1) is 0 Å². The molecule has 32 heavy (non-hydrogen) atoms. The van der Waals surface area contributed by atoms with E-state index in [0.717, 1.165) is 29.1 Å². The van der Waals surface area contributed by atoms with Gasteiger partial charge >= 0.3 is 0 Å². The van der Waals surface area contributed by atoms with Crippen LogP contribution >= 0.6 is 11.3 Å². The number of sulfone groups is 1. The molecule has 0 aliphatic rings. The minimum Gasteiger partial charge on any atom is -0.497 e. The second kappa shape index (κ2) is 10.4. The number of nitrogens with zero attached hydrogens (tertiary/aromatic N) is 3. The monoisotopic (exact) mass is 475 g/mol. The molecule has 0 unspecified atom stereocenters. The van der Waals surface area contributed by atoms with Crippen molar-refractivity contribution in [3.05, 3.63) is 48.0 Å². The molecule has 2 aromatic carbocycles. The second-order valence-electron chi connectivity index (χ2n) is 7.25. The van der Waals surface area contributed by atoms with Gasteiger partial charge in [-0.25, -0.2) is 13.4 Å². The van der Waals surface area contributed by atoms with E-state index in [-0.39, 0.29) is 16.6 Å². The van der Waals surface area contributed by atoms with Crippen molar-refractivity contribution in [2.75, 3.05) is 43.9 Å². The van der Waals surface area contributed by atoms with Gasteiger partial charge in [0.15, 0.2) is 15.0 Å². The summed E-state index contributed by atoms with van der Waals surface area (Å²) in [6.07, 6.45) is 0. The van der Waals surface area contributed by atoms with Gasteiger partial charge in [-0.1, -0.05) is 38.2 Å². The van der Waals surface area contributed by atoms with Gasteiger partial charge in [-0.05, 0) is 49.5 Å². The molecule has 0 radical (unpaired) electrons. The maximum absolute atomic E-state index is 13.6. The number of anilines is 1. The van der Waals surface area contributed by atoms with Crippen molar-refractivity contribution in [3.8, 4) is 5.75 Å². The van der Waals surface area contributed by atoms with Crippen molar-refractivity contribution in [1.82, 2.24) is 9.88 Å². The van der Waals surface area contributed by atoms with Crippen LogP contribution in [0, 0.1) is 0 Å². The first-order chi connectivity index (χ1) is 15.3. The molecule has 3 rings (SSSR count). The number of thiazole rings is 1. The maximum Gasteiger partial charge on any atom is 0.260 e. The van der Waals surface area contributed by atoms with Gasteiger partial charge < -0.3 is 9.64 Å². The third-order valence-electron chi connectivity index (χ3n) is 5.41. The van der Waals surface area contributed by atoms with Crippen LogP contribution in [-0.2, 0) is 9.84 Å². The third kappa shape index (κ3) is 5.28. The number of amides is 1. The predicted octanol–water partition coefficient (Wildman–Crippen LogP) is 4.09. The molecule has 0 saturated heterocycles. The van der Waals surface area contributed by atoms with E-state index < -0.39 is 9.84 Å². The summed E-state index contributed by atoms with van der Waals surface area (Å²) in [5.41, 5.74) is 1.12. The Morgan fingerprint density at radius 1 is 1.06 bits per heavy atom. The van der Waals surface area contributed by atoms with Crippen LogP contribution in [0.15, 0.2) is 47.4 Å². The summed E-state index contributed by atoms with van der Waals surface area (Å²) in [5.74, 6) is 0.443. The number of likely N-dealkylation sites (N-methyl/N-ethyl adjacent to an activating group) is 1. The Morgan fingerprint density at radius 3 is 2.47 bits per heavy atom. The van der Waals surface area contributed by atoms with Crippen LogP contribution in [-0.4, -0.2) is 63.3 Å². The molecular weight excluding hydrogens is 446 g/mol. The van der Waals surface area contributed by atoms with Gasteiger partial charge in [0.05, 0.1) is 28.0 Å². The lowest BCUT2D eigenvalue weighted by atomic mass is 10.2. The first-order valence-corrected chi connectivity index (χ1v) is 13.1. The van der Waals surface area contributed by atoms with Crippen molar-refractivity contribution < 1.29 is 17.9 Å². The van der Waals surface area contributed by atoms with E-state index in [4.69, 9.17) is 4.74 Å². The SMILES string of the molecule is CCN(CC)CCN(C(=O)c1cccc(S(=O)(=O)CC)c1)c1nc2ccc(OC)cc2s1. The fourth-order valence-electron chi connectivity index (χ4n) is 3.35. The highest BCUT2D eigenvalue weighted by Gasteiger charge is 2.23. The molecule has 0 saturated carbocycles. The quantitative estimate of drug-likeness (QED) is 0.439. The fraction of sp³-hybridized carbons (Fsp3) is 0.391. The highest BCUT2D eigenvalue weighted by Crippen LogP contribution is 2.32. The summed E-state index contributed by atoms with van der Waals surface area (Å²) >= 11 is 1.42. The summed E-state index contributed by atoms with van der Waals surface area (Å²) in [4.78, 5) is 22.3. The largest absolute Gasteiger partial charge is 0.497 e. The standard InChI is InChI=1S/C23H29N3O4S2/c1-5-25(6-2)13-14-26(23-24-20-12-11-18(30-4)16-21(20)31-23)22(27)17-9-8-10-19(15-17)32(28,29)7-3/h8-12,15-16H,5-7,13-14H2,1-4H3. The van der Waals surface area contributed by atoms with Gasteiger partial charge in [-0.2, -0.15) is 0 Å². The molecular formula is C23H29N3O4S2. The number of ether oxygens (including phenoxy) is 1. The average Bonchev–Trinajstić information content (AvgIpc) is 3.24. The third-order valence-corrected chi connectivity index (χ3v) is 8.19. The van der Waals surface area contributed by atoms with Crippen LogP contribution in [0.5, 0.6) is 5.75 Å². The number of benzene rings is 2. The molecule has 1 aromatic heterocycles. The van der Waals surface area contributed by atoms with E-state index in [9.17, 15) is 13.2 Å². The van der Waals surface area contributed by atoms with Crippen LogP contribution in [0.2, 0.25) is 0 Å². The van der Waals surface area contributed by atoms with Gasteiger partial charge in [0.2, 0.25) is 0 Å². The minimum absolute atomic E-state index is 0.0178. The molecule has 1 amide bonds. The highest BCUT2D eigenvalue weighted by molar-refractivity contribution is 7.91. The van der Waals surface area contributed by atoms with Crippen LogP contribution in [0.1, 0.15) is 31.1 Å². The zero-order valence-electron chi connectivity index (χ0n) is 18.9. The Balaban J connectivity index is 2.01. The average molecular weight is 476 g/mol. The molecule has 1 heterocycles. The van der Waals surface area contributed by atoms with Crippen molar-refractivity contribution in [1.29, 1.82) is 0 Å². The van der Waals surface area contributed by atoms with E-state index >= 15 is 0 Å². The number of hydrogen-bond acceptors (Lipinski definition) is 7. The molecule has 172 valence electrons. The van der Waals surface area contributed by atoms with Crippen molar-refractivity contribution in [2.45, 2.75) is 25.7 Å². The van der Waals surface area contributed by atoms with E-state index in [1.165, 1.54) is 23.5 Å². The summed E-state index contributed by atoms with van der Waals surface area (Å²) < 4.78 is 30.9. The number of rotatable bonds is 10. The topological polar surface area (TPSA) is 79.8 Å². The molecule has 0 aliphatic heterocycles. The van der Waals surface area contributed by atoms with Crippen molar-refractivity contribution >= 4 is 42.4 Å². The lowest BCUT2D eigenvalue weighted by Crippen LogP contribution is -2.39. The normalized spacial score (nSPS) is 11.8. The molecule has 0 spiro atoms. The van der Waals surface area contributed by atoms with Crippen LogP contribution in [0.25, 0.3) is 10.2 Å². The van der Waals surface area contributed by atoms with Gasteiger partial charge in [0.1, 0.15) is 5.75 Å². The molecule has 3 aromatic rings. The zero-order valence-corrected chi connectivity index (χ0v) is 20.5. The Morgan fingerprint density at radius 2 is 1.81 bits per heavy atom. The van der Waals surface area contributed by atoms with E-state index in [0.29, 0.717) is 23.8 Å². The lowest BCUT2D eigenvalue weighted by Gasteiger charge is -2.25. The molecule has 0 fully saturated rings. The molecule has 0 N–H and O–H groups in total. The summed E-state index contributed by atoms with van der Waals surface area (Å²) in [6, 6.07) is 11.9. The zero-order chi connectivity index (χ0) is 23.3. The minimum atomic E-state index is -3.41. The number of carbonyl (C=O) groups excluding carboxylic acids is 1. The van der Waals surface area contributed by atoms with Crippen molar-refractivity contribution in [2.24, 2.45) is 0 Å². The number of methoxy groups -OCH3 is 1. The Hall–Kier alpha value is -2.49. The summed E-state index contributed by atoms with van der Waals surface area (Å²) in [5, 5.41) is 0.578. The first-order valence-electron chi connectivity index (χ1n) is 10.6. The summed E-state index contributed by atoms with van der Waals surface area (Å²) in [6.45, 7) is 8.64. The number of fused-ring (bicyclic) bond motifs is 1. The van der Waals surface area contributed by atoms with Crippen molar-refractivity contribution in [3.63, 3.8) is 0 Å². The molecule has 0 atom stereocenters. The second-order valence-corrected chi connectivity index (χ2v) is 10.5. The smallest absolute Gasteiger partial charge is 0.260 e. The molecule has 7 nitrogen and oxygen atoms in total. The predicted molar refractivity (Wildman–Crippen MR) is 130 cm³/mol. The highest BCUT2D eigenvalue weighted by atomic mass is 32.2. The molecule has 9 heteroatoms. The van der Waals surface area contributed by atoms with E-state index in [2.05, 4.69) is 23.7 Å². The maximum atomic E-state index is 13.6. The molecule has 0 aliphatic carbocycles. The number of aromatic nitrogens is 1. The fourth-order valence-corrected chi connectivity index (χ4v) is 5.29. The van der Waals surface area contributed by atoms with Crippen LogP contribution in [0.4, 0.5) is 5.13 Å². The lowest BCUT2D eigenvalue weighted by molar-refractivity contribution is 0.0983. The summed E-state index contributed by atoms with van der Waals surface area (Å²) in [7, 11) is -1.80. The number of carbonyl (C=O) groups is 1. The first kappa shape index (κ1) is 24.2. The molecule has 0 bridgehead atoms. The van der Waals surface area contributed by atoms with Crippen LogP contribution < -0.4 is 9.64 Å². The Bertz CT molecular complexity index is 1190. The van der Waals surface area contributed by atoms with Gasteiger partial charge in [-0.3, -0.25) is 9.69 Å². The number of hydrogen-bond donors (Lipinski definition) is 0. The van der Waals surface area contributed by atoms with E-state index in [1.54, 1.807) is 31.1 Å². The van der Waals surface area contributed by atoms with Gasteiger partial charge in [0, 0.05) is 18.7 Å². The Labute approximate surface area is 193 Å². The van der Waals surface area contributed by atoms with Gasteiger partial charge in [0.25, 0.3) is 5.91 Å².